The molecule has 2 aromatic rings. The number of hydrogen-bond acceptors (Lipinski definition) is 4. The van der Waals surface area contributed by atoms with Crippen LogP contribution in [0.5, 0.6) is 0 Å². The summed E-state index contributed by atoms with van der Waals surface area (Å²) < 4.78 is 0.787. The molecule has 0 unspecified atom stereocenters. The molecule has 2 fully saturated rings. The number of nitroso groups, excluding NO2 is 1. The summed E-state index contributed by atoms with van der Waals surface area (Å²) >= 11 is 3.56. The fourth-order valence-corrected chi connectivity index (χ4v) is 6.44. The summed E-state index contributed by atoms with van der Waals surface area (Å²) in [4.78, 5) is 38.9. The number of rotatable bonds is 4. The van der Waals surface area contributed by atoms with Crippen molar-refractivity contribution in [2.24, 2.45) is 5.18 Å². The molecule has 2 aliphatic carbocycles. The Morgan fingerprint density at radius 1 is 1.00 bits per heavy atom. The number of halogens is 1. The normalized spacial score (nSPS) is 20.6. The van der Waals surface area contributed by atoms with Gasteiger partial charge in [0.25, 0.3) is 0 Å². The van der Waals surface area contributed by atoms with Crippen LogP contribution in [-0.2, 0) is 21.5 Å². The smallest absolute Gasteiger partial charge is 0.242 e. The van der Waals surface area contributed by atoms with E-state index in [4.69, 9.17) is 0 Å². The summed E-state index contributed by atoms with van der Waals surface area (Å²) in [5, 5.41) is 3.13. The molecule has 1 heterocycles. The van der Waals surface area contributed by atoms with Gasteiger partial charge in [0.05, 0.1) is 16.8 Å². The number of amides is 1. The lowest BCUT2D eigenvalue weighted by Crippen LogP contribution is -2.40. The van der Waals surface area contributed by atoms with Gasteiger partial charge in [0.15, 0.2) is 0 Å². The number of carbonyl (C=O) groups excluding carboxylic acids is 2. The standard InChI is InChI=1S/C26H27BrN2O3/c27-22-5-4-6-23(20(22)16-28-32)29-24-15-18(17-7-10-19(30)11-8-17)9-12-21(24)26(25(29)31)13-2-1-3-14-26/h4-6,9,12,15,17H,1-3,7-8,10-11,13-14,16H2. The highest BCUT2D eigenvalue weighted by atomic mass is 79.9. The molecular weight excluding hydrogens is 468 g/mol. The highest BCUT2D eigenvalue weighted by Crippen LogP contribution is 2.54. The minimum absolute atomic E-state index is 0.00724. The second-order valence-electron chi connectivity index (χ2n) is 9.40. The Morgan fingerprint density at radius 2 is 1.75 bits per heavy atom. The molecule has 1 amide bonds. The third kappa shape index (κ3) is 3.43. The van der Waals surface area contributed by atoms with Gasteiger partial charge < -0.3 is 0 Å². The van der Waals surface area contributed by atoms with E-state index < -0.39 is 5.41 Å². The highest BCUT2D eigenvalue weighted by molar-refractivity contribution is 9.10. The maximum Gasteiger partial charge on any atom is 0.242 e. The first kappa shape index (κ1) is 21.5. The van der Waals surface area contributed by atoms with Crippen molar-refractivity contribution in [2.45, 2.75) is 75.7 Å². The molecule has 1 aliphatic heterocycles. The molecule has 32 heavy (non-hydrogen) atoms. The van der Waals surface area contributed by atoms with Crippen molar-refractivity contribution in [2.75, 3.05) is 4.90 Å². The van der Waals surface area contributed by atoms with Crippen LogP contribution >= 0.6 is 15.9 Å². The molecule has 6 heteroatoms. The van der Waals surface area contributed by atoms with E-state index in [9.17, 15) is 14.5 Å². The van der Waals surface area contributed by atoms with Crippen LogP contribution in [0.15, 0.2) is 46.0 Å². The van der Waals surface area contributed by atoms with Crippen molar-refractivity contribution >= 4 is 39.0 Å². The zero-order valence-electron chi connectivity index (χ0n) is 18.1. The second kappa shape index (κ2) is 8.54. The van der Waals surface area contributed by atoms with Crippen molar-refractivity contribution in [1.29, 1.82) is 0 Å². The zero-order valence-corrected chi connectivity index (χ0v) is 19.7. The van der Waals surface area contributed by atoms with E-state index in [-0.39, 0.29) is 12.5 Å². The van der Waals surface area contributed by atoms with Gasteiger partial charge in [-0.2, -0.15) is 4.91 Å². The molecule has 0 radical (unpaired) electrons. The van der Waals surface area contributed by atoms with Crippen molar-refractivity contribution in [3.63, 3.8) is 0 Å². The average Bonchev–Trinajstić information content (AvgIpc) is 3.03. The molecule has 2 aromatic carbocycles. The fraction of sp³-hybridized carbons (Fsp3) is 0.462. The molecule has 0 aromatic heterocycles. The van der Waals surface area contributed by atoms with E-state index in [0.717, 1.165) is 71.9 Å². The number of hydrogen-bond donors (Lipinski definition) is 0. The lowest BCUT2D eigenvalue weighted by molar-refractivity contribution is -0.123. The first-order chi connectivity index (χ1) is 15.5. The topological polar surface area (TPSA) is 66.8 Å². The second-order valence-corrected chi connectivity index (χ2v) is 10.3. The van der Waals surface area contributed by atoms with Crippen LogP contribution in [0.25, 0.3) is 0 Å². The van der Waals surface area contributed by atoms with Gasteiger partial charge in [-0.3, -0.25) is 14.5 Å². The monoisotopic (exact) mass is 494 g/mol. The van der Waals surface area contributed by atoms with Crippen LogP contribution in [0.3, 0.4) is 0 Å². The van der Waals surface area contributed by atoms with Crippen molar-refractivity contribution < 1.29 is 9.59 Å². The van der Waals surface area contributed by atoms with Crippen molar-refractivity contribution in [1.82, 2.24) is 0 Å². The number of ketones is 1. The summed E-state index contributed by atoms with van der Waals surface area (Å²) in [6, 6.07) is 12.2. The van der Waals surface area contributed by atoms with E-state index >= 15 is 0 Å². The summed E-state index contributed by atoms with van der Waals surface area (Å²) in [6.45, 7) is 0.00724. The Hall–Kier alpha value is -2.34. The predicted molar refractivity (Wildman–Crippen MR) is 128 cm³/mol. The Labute approximate surface area is 196 Å². The number of nitrogens with zero attached hydrogens (tertiary/aromatic N) is 2. The number of anilines is 2. The number of carbonyl (C=O) groups is 2. The number of benzene rings is 2. The van der Waals surface area contributed by atoms with Crippen molar-refractivity contribution in [3.8, 4) is 0 Å². The quantitative estimate of drug-likeness (QED) is 0.437. The third-order valence-corrected chi connectivity index (χ3v) is 8.41. The summed E-state index contributed by atoms with van der Waals surface area (Å²) in [7, 11) is 0. The zero-order chi connectivity index (χ0) is 22.3. The Morgan fingerprint density at radius 3 is 2.47 bits per heavy atom. The van der Waals surface area contributed by atoms with Crippen molar-refractivity contribution in [3.05, 3.63) is 62.5 Å². The van der Waals surface area contributed by atoms with E-state index in [1.807, 2.05) is 23.1 Å². The van der Waals surface area contributed by atoms with Gasteiger partial charge in [-0.1, -0.05) is 58.6 Å². The first-order valence-electron chi connectivity index (χ1n) is 11.6. The third-order valence-electron chi connectivity index (χ3n) is 7.67. The largest absolute Gasteiger partial charge is 0.300 e. The van der Waals surface area contributed by atoms with E-state index in [1.54, 1.807) is 0 Å². The van der Waals surface area contributed by atoms with Gasteiger partial charge in [0.2, 0.25) is 5.91 Å². The maximum absolute atomic E-state index is 14.1. The highest BCUT2D eigenvalue weighted by Gasteiger charge is 2.52. The molecule has 1 spiro atoms. The van der Waals surface area contributed by atoms with Crippen LogP contribution in [-0.4, -0.2) is 11.7 Å². The lowest BCUT2D eigenvalue weighted by atomic mass is 9.70. The van der Waals surface area contributed by atoms with Gasteiger partial charge in [0.1, 0.15) is 12.3 Å². The predicted octanol–water partition coefficient (Wildman–Crippen LogP) is 6.82. The molecular formula is C26H27BrN2O3. The van der Waals surface area contributed by atoms with Gasteiger partial charge >= 0.3 is 0 Å². The molecule has 0 N–H and O–H groups in total. The van der Waals surface area contributed by atoms with E-state index in [1.165, 1.54) is 5.56 Å². The molecule has 0 saturated heterocycles. The molecule has 166 valence electrons. The fourth-order valence-electron chi connectivity index (χ4n) is 5.96. The van der Waals surface area contributed by atoms with Gasteiger partial charge in [-0.05, 0) is 60.9 Å². The van der Waals surface area contributed by atoms with Gasteiger partial charge in [-0.15, -0.1) is 0 Å². The Bertz CT molecular complexity index is 1080. The summed E-state index contributed by atoms with van der Waals surface area (Å²) in [5.41, 5.74) is 4.25. The molecule has 0 atom stereocenters. The minimum Gasteiger partial charge on any atom is -0.300 e. The molecule has 5 rings (SSSR count). The van der Waals surface area contributed by atoms with Crippen LogP contribution in [0.1, 0.15) is 80.4 Å². The summed E-state index contributed by atoms with van der Waals surface area (Å²) in [6.07, 6.45) is 7.99. The van der Waals surface area contributed by atoms with E-state index in [0.29, 0.717) is 24.5 Å². The average molecular weight is 495 g/mol. The van der Waals surface area contributed by atoms with Crippen LogP contribution < -0.4 is 4.90 Å². The van der Waals surface area contributed by atoms with Gasteiger partial charge in [-0.25, -0.2) is 0 Å². The summed E-state index contributed by atoms with van der Waals surface area (Å²) in [5.74, 6) is 0.811. The number of fused-ring (bicyclic) bond motifs is 2. The Balaban J connectivity index is 1.65. The van der Waals surface area contributed by atoms with Crippen LogP contribution in [0, 0.1) is 4.91 Å². The molecule has 2 saturated carbocycles. The molecule has 5 nitrogen and oxygen atoms in total. The van der Waals surface area contributed by atoms with E-state index in [2.05, 4.69) is 39.3 Å². The maximum atomic E-state index is 14.1. The van der Waals surface area contributed by atoms with Crippen LogP contribution in [0.4, 0.5) is 11.4 Å². The van der Waals surface area contributed by atoms with Crippen LogP contribution in [0.2, 0.25) is 0 Å². The molecule has 0 bridgehead atoms. The Kier molecular flexibility index (Phi) is 5.74. The lowest BCUT2D eigenvalue weighted by Gasteiger charge is -2.32. The number of Topliss-reactive ketones (excluding diaryl/α,β-unsaturated/α-hetero) is 1. The SMILES string of the molecule is O=NCc1c(Br)cccc1N1C(=O)C2(CCCCC2)c2ccc(C3CCC(=O)CC3)cc21. The first-order valence-corrected chi connectivity index (χ1v) is 12.4. The minimum atomic E-state index is -0.483. The molecule has 3 aliphatic rings. The van der Waals surface area contributed by atoms with Gasteiger partial charge in [0, 0.05) is 22.9 Å².